The van der Waals surface area contributed by atoms with Crippen LogP contribution in [-0.4, -0.2) is 98.8 Å². The van der Waals surface area contributed by atoms with Crippen molar-refractivity contribution in [1.82, 2.24) is 19.8 Å². The Morgan fingerprint density at radius 1 is 0.957 bits per heavy atom. The van der Waals surface area contributed by atoms with Crippen molar-refractivity contribution in [2.75, 3.05) is 48.8 Å². The highest BCUT2D eigenvalue weighted by molar-refractivity contribution is 7.90. The molecule has 14 nitrogen and oxygen atoms in total. The summed E-state index contributed by atoms with van der Waals surface area (Å²) in [5.74, 6) is 0.289. The van der Waals surface area contributed by atoms with Gasteiger partial charge in [0.05, 0.1) is 30.8 Å². The number of ether oxygens (including phenoxy) is 3. The van der Waals surface area contributed by atoms with Crippen molar-refractivity contribution >= 4 is 41.0 Å². The molecule has 2 aliphatic rings. The number of aromatic nitrogens is 2. The van der Waals surface area contributed by atoms with Crippen molar-refractivity contribution in [3.63, 3.8) is 0 Å². The molecule has 2 aliphatic heterocycles. The fraction of sp³-hybridized carbons (Fsp3) is 0.562. The van der Waals surface area contributed by atoms with Crippen molar-refractivity contribution in [2.24, 2.45) is 0 Å². The van der Waals surface area contributed by atoms with E-state index in [-0.39, 0.29) is 69.0 Å². The van der Waals surface area contributed by atoms with Crippen molar-refractivity contribution in [3.8, 4) is 6.07 Å². The number of carbonyl (C=O) groups is 3. The summed E-state index contributed by atoms with van der Waals surface area (Å²) in [6.45, 7) is 11.3. The number of piperazine rings is 1. The zero-order valence-corrected chi connectivity index (χ0v) is 28.8. The smallest absolute Gasteiger partial charge is 0.415 e. The minimum atomic E-state index is -1.63. The van der Waals surface area contributed by atoms with Gasteiger partial charge in [0.1, 0.15) is 29.8 Å². The molecule has 254 valence electrons. The van der Waals surface area contributed by atoms with Crippen LogP contribution in [0.5, 0.6) is 0 Å². The zero-order valence-electron chi connectivity index (χ0n) is 28.0. The minimum absolute atomic E-state index is 0.00969. The average molecular weight is 670 g/mol. The Hall–Kier alpha value is -4.29. The third-order valence-corrected chi connectivity index (χ3v) is 7.89. The number of nitrogens with zero attached hydrogens (tertiary/aromatic N) is 7. The van der Waals surface area contributed by atoms with Gasteiger partial charge in [0.25, 0.3) is 0 Å². The van der Waals surface area contributed by atoms with Crippen LogP contribution in [0.3, 0.4) is 0 Å². The Morgan fingerprint density at radius 2 is 1.62 bits per heavy atom. The molecule has 1 aromatic heterocycles. The van der Waals surface area contributed by atoms with Gasteiger partial charge in [-0.1, -0.05) is 30.3 Å². The van der Waals surface area contributed by atoms with Crippen LogP contribution < -0.4 is 9.80 Å². The molecule has 1 saturated heterocycles. The summed E-state index contributed by atoms with van der Waals surface area (Å²) >= 11 is -1.63. The first-order chi connectivity index (χ1) is 22.1. The molecule has 47 heavy (non-hydrogen) atoms. The average Bonchev–Trinajstić information content (AvgIpc) is 3.18. The van der Waals surface area contributed by atoms with E-state index in [0.717, 1.165) is 5.56 Å². The summed E-state index contributed by atoms with van der Waals surface area (Å²) < 4.78 is 29.8. The fourth-order valence-corrected chi connectivity index (χ4v) is 5.60. The first kappa shape index (κ1) is 35.6. The van der Waals surface area contributed by atoms with Gasteiger partial charge in [0.2, 0.25) is 0 Å². The molecule has 0 N–H and O–H groups in total. The van der Waals surface area contributed by atoms with E-state index in [1.807, 2.05) is 35.2 Å². The van der Waals surface area contributed by atoms with E-state index in [4.69, 9.17) is 14.2 Å². The van der Waals surface area contributed by atoms with E-state index in [1.165, 1.54) is 21.0 Å². The van der Waals surface area contributed by atoms with Gasteiger partial charge in [-0.25, -0.2) is 14.4 Å². The topological polar surface area (TPSA) is 164 Å². The molecular weight excluding hydrogens is 626 g/mol. The number of amides is 3. The Labute approximate surface area is 278 Å². The van der Waals surface area contributed by atoms with E-state index in [9.17, 15) is 24.2 Å². The Kier molecular flexibility index (Phi) is 11.1. The zero-order chi connectivity index (χ0) is 34.5. The molecule has 0 radical (unpaired) electrons. The molecule has 1 unspecified atom stereocenters. The number of hydrogen-bond donors (Lipinski definition) is 0. The van der Waals surface area contributed by atoms with Crippen LogP contribution >= 0.6 is 0 Å². The monoisotopic (exact) mass is 669 g/mol. The van der Waals surface area contributed by atoms with E-state index in [2.05, 4.69) is 16.0 Å². The predicted octanol–water partition coefficient (Wildman–Crippen LogP) is 4.45. The summed E-state index contributed by atoms with van der Waals surface area (Å²) in [6, 6.07) is 10.9. The lowest BCUT2D eigenvalue weighted by atomic mass is 10.1. The van der Waals surface area contributed by atoms with Crippen LogP contribution in [0.25, 0.3) is 0 Å². The molecule has 0 aliphatic carbocycles. The summed E-state index contributed by atoms with van der Waals surface area (Å²) in [6.07, 6.45) is -0.353. The first-order valence-corrected chi connectivity index (χ1v) is 16.9. The first-order valence-electron chi connectivity index (χ1n) is 15.4. The van der Waals surface area contributed by atoms with Crippen molar-refractivity contribution in [1.29, 1.82) is 5.26 Å². The van der Waals surface area contributed by atoms with Crippen LogP contribution in [-0.2, 0) is 38.5 Å². The van der Waals surface area contributed by atoms with Crippen LogP contribution in [0.2, 0.25) is 0 Å². The second kappa shape index (κ2) is 14.6. The van der Waals surface area contributed by atoms with Crippen LogP contribution in [0.4, 0.5) is 25.9 Å². The highest BCUT2D eigenvalue weighted by atomic mass is 32.2. The maximum Gasteiger partial charge on any atom is 0.415 e. The maximum atomic E-state index is 13.7. The molecule has 0 spiro atoms. The molecule has 2 atom stereocenters. The standard InChI is InChI=1S/C32H43N7O7S/c1-31(2,3)45-28(40)37-16-18-39(30(42)46-32(4,5)6)25-24(20-37)34-27(47(7)43)35-26(25)36-15-17-38(23(19-36)13-14-33)29(41)44-21-22-11-9-8-10-12-22/h8-12,23H,13,15-21H2,1-7H3/t23-,47?/m0/s1. The van der Waals surface area contributed by atoms with Crippen LogP contribution in [0.15, 0.2) is 35.5 Å². The number of hydrogen-bond acceptors (Lipinski definition) is 11. The normalized spacial score (nSPS) is 17.6. The fourth-order valence-electron chi connectivity index (χ4n) is 5.15. The second-order valence-electron chi connectivity index (χ2n) is 13.3. The summed E-state index contributed by atoms with van der Waals surface area (Å²) in [5.41, 5.74) is -0.167. The Morgan fingerprint density at radius 3 is 2.23 bits per heavy atom. The van der Waals surface area contributed by atoms with Gasteiger partial charge in [-0.3, -0.25) is 4.90 Å². The van der Waals surface area contributed by atoms with Crippen molar-refractivity contribution < 1.29 is 33.1 Å². The maximum absolute atomic E-state index is 13.7. The lowest BCUT2D eigenvalue weighted by molar-refractivity contribution is 0.0236. The second-order valence-corrected chi connectivity index (χ2v) is 14.6. The van der Waals surface area contributed by atoms with E-state index in [0.29, 0.717) is 5.69 Å². The molecule has 3 heterocycles. The number of anilines is 2. The van der Waals surface area contributed by atoms with Crippen molar-refractivity contribution in [2.45, 2.75) is 83.5 Å². The van der Waals surface area contributed by atoms with Gasteiger partial charge in [-0.2, -0.15) is 15.2 Å². The molecular formula is C32H43N7O7S. The highest BCUT2D eigenvalue weighted by Gasteiger charge is 2.39. The van der Waals surface area contributed by atoms with E-state index >= 15 is 0 Å². The largest absolute Gasteiger partial charge is 0.609 e. The van der Waals surface area contributed by atoms with Gasteiger partial charge in [0, 0.05) is 43.9 Å². The number of nitriles is 1. The SMILES string of the molecule is C[S+]([O-])c1nc2c(c(N3CCN(C(=O)OCc4ccccc4)[C@@H](CC#N)C3)n1)N(C(=O)OC(C)(C)C)CCN(C(=O)OC(C)(C)C)C2. The Balaban J connectivity index is 1.72. The van der Waals surface area contributed by atoms with Gasteiger partial charge in [-0.15, -0.1) is 0 Å². The number of fused-ring (bicyclic) bond motifs is 1. The molecule has 15 heteroatoms. The van der Waals surface area contributed by atoms with Gasteiger partial charge >= 0.3 is 23.4 Å². The highest BCUT2D eigenvalue weighted by Crippen LogP contribution is 2.37. The molecule has 1 aromatic carbocycles. The number of rotatable bonds is 5. The van der Waals surface area contributed by atoms with Crippen LogP contribution in [0.1, 0.15) is 59.2 Å². The summed E-state index contributed by atoms with van der Waals surface area (Å²) in [7, 11) is 0. The van der Waals surface area contributed by atoms with E-state index in [1.54, 1.807) is 41.5 Å². The van der Waals surface area contributed by atoms with Crippen molar-refractivity contribution in [3.05, 3.63) is 41.6 Å². The molecule has 1 fully saturated rings. The van der Waals surface area contributed by atoms with Gasteiger partial charge in [-0.05, 0) is 47.1 Å². The summed E-state index contributed by atoms with van der Waals surface area (Å²) in [4.78, 5) is 55.5. The third kappa shape index (κ3) is 9.39. The quantitative estimate of drug-likeness (QED) is 0.251. The van der Waals surface area contributed by atoms with Gasteiger partial charge < -0.3 is 33.5 Å². The molecule has 4 rings (SSSR count). The molecule has 0 saturated carbocycles. The van der Waals surface area contributed by atoms with E-state index < -0.39 is 46.7 Å². The minimum Gasteiger partial charge on any atom is -0.609 e. The van der Waals surface area contributed by atoms with Gasteiger partial charge in [0.15, 0.2) is 5.82 Å². The molecule has 2 aromatic rings. The predicted molar refractivity (Wildman–Crippen MR) is 174 cm³/mol. The molecule has 0 bridgehead atoms. The number of carbonyl (C=O) groups excluding carboxylic acids is 3. The Bertz CT molecular complexity index is 1490. The number of benzene rings is 1. The lowest BCUT2D eigenvalue weighted by Gasteiger charge is -2.41. The molecule has 3 amide bonds. The lowest BCUT2D eigenvalue weighted by Crippen LogP contribution is -2.56. The van der Waals surface area contributed by atoms with Crippen LogP contribution in [0, 0.1) is 11.3 Å². The third-order valence-electron chi connectivity index (χ3n) is 7.19. The summed E-state index contributed by atoms with van der Waals surface area (Å²) in [5, 5.41) is 9.69.